The molecule has 0 amide bonds. The highest BCUT2D eigenvalue weighted by Gasteiger charge is 2.36. The minimum atomic E-state index is 0.540. The van der Waals surface area contributed by atoms with Crippen LogP contribution in [0.2, 0.25) is 0 Å². The minimum absolute atomic E-state index is 0.540. The zero-order chi connectivity index (χ0) is 12.3. The fraction of sp³-hybridized carbons (Fsp3) is 1.00. The molecule has 96 valence electrons. The average Bonchev–Trinajstić information content (AvgIpc) is 2.36. The molecular formula is C14H30N2. The van der Waals surface area contributed by atoms with Gasteiger partial charge in [0.05, 0.1) is 0 Å². The third kappa shape index (κ3) is 4.42. The van der Waals surface area contributed by atoms with E-state index in [4.69, 9.17) is 0 Å². The molecule has 1 fully saturated rings. The molecule has 0 saturated heterocycles. The van der Waals surface area contributed by atoms with Crippen molar-refractivity contribution < 1.29 is 0 Å². The first-order valence-electron chi connectivity index (χ1n) is 6.71. The monoisotopic (exact) mass is 226 g/mol. The summed E-state index contributed by atoms with van der Waals surface area (Å²) in [6, 6.07) is 1.37. The van der Waals surface area contributed by atoms with E-state index in [1.54, 1.807) is 0 Å². The van der Waals surface area contributed by atoms with E-state index in [-0.39, 0.29) is 0 Å². The van der Waals surface area contributed by atoms with Gasteiger partial charge in [0.25, 0.3) is 0 Å². The van der Waals surface area contributed by atoms with Crippen molar-refractivity contribution in [3.8, 4) is 0 Å². The highest BCUT2D eigenvalue weighted by atomic mass is 15.1. The van der Waals surface area contributed by atoms with Crippen molar-refractivity contribution in [3.63, 3.8) is 0 Å². The van der Waals surface area contributed by atoms with Crippen LogP contribution in [-0.2, 0) is 0 Å². The molecule has 0 radical (unpaired) electrons. The molecule has 2 nitrogen and oxygen atoms in total. The molecule has 1 saturated carbocycles. The van der Waals surface area contributed by atoms with Crippen molar-refractivity contribution in [2.75, 3.05) is 20.6 Å². The molecule has 0 aromatic rings. The molecule has 0 aromatic heterocycles. The second kappa shape index (κ2) is 5.50. The van der Waals surface area contributed by atoms with Crippen LogP contribution in [0.25, 0.3) is 0 Å². The molecule has 1 aliphatic rings. The lowest BCUT2D eigenvalue weighted by Crippen LogP contribution is -2.39. The SMILES string of the molecule is CC(CCN(C)C)NC1CC(C)(C)CC1C. The van der Waals surface area contributed by atoms with Gasteiger partial charge in [-0.2, -0.15) is 0 Å². The van der Waals surface area contributed by atoms with Gasteiger partial charge in [-0.3, -0.25) is 0 Å². The van der Waals surface area contributed by atoms with E-state index in [2.05, 4.69) is 52.0 Å². The molecule has 0 spiro atoms. The maximum absolute atomic E-state index is 3.81. The van der Waals surface area contributed by atoms with E-state index < -0.39 is 0 Å². The lowest BCUT2D eigenvalue weighted by Gasteiger charge is -2.24. The third-order valence-corrected chi connectivity index (χ3v) is 3.84. The van der Waals surface area contributed by atoms with Crippen LogP contribution in [0.3, 0.4) is 0 Å². The van der Waals surface area contributed by atoms with Crippen molar-refractivity contribution in [2.45, 2.75) is 59.0 Å². The minimum Gasteiger partial charge on any atom is -0.311 e. The van der Waals surface area contributed by atoms with Crippen LogP contribution in [0, 0.1) is 11.3 Å². The second-order valence-electron chi connectivity index (χ2n) is 6.82. The topological polar surface area (TPSA) is 15.3 Å². The first kappa shape index (κ1) is 14.0. The second-order valence-corrected chi connectivity index (χ2v) is 6.82. The largest absolute Gasteiger partial charge is 0.311 e. The Morgan fingerprint density at radius 1 is 1.31 bits per heavy atom. The van der Waals surface area contributed by atoms with Gasteiger partial charge in [0.15, 0.2) is 0 Å². The Morgan fingerprint density at radius 2 is 1.94 bits per heavy atom. The van der Waals surface area contributed by atoms with Crippen LogP contribution in [0.15, 0.2) is 0 Å². The maximum Gasteiger partial charge on any atom is 0.0100 e. The van der Waals surface area contributed by atoms with Gasteiger partial charge in [-0.15, -0.1) is 0 Å². The predicted octanol–water partition coefficient (Wildman–Crippen LogP) is 2.74. The van der Waals surface area contributed by atoms with Gasteiger partial charge in [0.2, 0.25) is 0 Å². The molecular weight excluding hydrogens is 196 g/mol. The Labute approximate surface area is 102 Å². The van der Waals surface area contributed by atoms with Crippen LogP contribution in [0.5, 0.6) is 0 Å². The highest BCUT2D eigenvalue weighted by molar-refractivity contribution is 4.92. The molecule has 0 heterocycles. The molecule has 1 N–H and O–H groups in total. The summed E-state index contributed by atoms with van der Waals surface area (Å²) in [5.41, 5.74) is 0.540. The van der Waals surface area contributed by atoms with Gasteiger partial charge in [0.1, 0.15) is 0 Å². The fourth-order valence-corrected chi connectivity index (χ4v) is 3.02. The van der Waals surface area contributed by atoms with Crippen molar-refractivity contribution in [1.29, 1.82) is 0 Å². The summed E-state index contributed by atoms with van der Waals surface area (Å²) in [4.78, 5) is 2.26. The molecule has 16 heavy (non-hydrogen) atoms. The van der Waals surface area contributed by atoms with Gasteiger partial charge < -0.3 is 10.2 Å². The quantitative estimate of drug-likeness (QED) is 0.775. The van der Waals surface area contributed by atoms with Gasteiger partial charge in [-0.05, 0) is 58.2 Å². The number of nitrogens with one attached hydrogen (secondary N) is 1. The lowest BCUT2D eigenvalue weighted by molar-refractivity contribution is 0.322. The molecule has 3 atom stereocenters. The van der Waals surface area contributed by atoms with Crippen molar-refractivity contribution >= 4 is 0 Å². The number of rotatable bonds is 5. The summed E-state index contributed by atoms with van der Waals surface area (Å²) in [6.07, 6.45) is 3.95. The Kier molecular flexibility index (Phi) is 4.81. The summed E-state index contributed by atoms with van der Waals surface area (Å²) >= 11 is 0. The van der Waals surface area contributed by atoms with Gasteiger partial charge in [-0.1, -0.05) is 20.8 Å². The van der Waals surface area contributed by atoms with Crippen LogP contribution < -0.4 is 5.32 Å². The van der Waals surface area contributed by atoms with E-state index >= 15 is 0 Å². The standard InChI is InChI=1S/C14H30N2/c1-11-9-14(3,4)10-13(11)15-12(2)7-8-16(5)6/h11-13,15H,7-10H2,1-6H3. The zero-order valence-electron chi connectivity index (χ0n) is 12.0. The first-order chi connectivity index (χ1) is 7.30. The van der Waals surface area contributed by atoms with E-state index in [0.717, 1.165) is 12.0 Å². The molecule has 0 aromatic carbocycles. The van der Waals surface area contributed by atoms with Crippen molar-refractivity contribution in [1.82, 2.24) is 10.2 Å². The maximum atomic E-state index is 3.81. The van der Waals surface area contributed by atoms with E-state index in [1.165, 1.54) is 25.8 Å². The van der Waals surface area contributed by atoms with Gasteiger partial charge in [-0.25, -0.2) is 0 Å². The Hall–Kier alpha value is -0.0800. The Balaban J connectivity index is 2.31. The van der Waals surface area contributed by atoms with E-state index in [1.807, 2.05) is 0 Å². The first-order valence-corrected chi connectivity index (χ1v) is 6.71. The molecule has 3 unspecified atom stereocenters. The molecule has 0 bridgehead atoms. The summed E-state index contributed by atoms with van der Waals surface area (Å²) in [6.45, 7) is 10.7. The van der Waals surface area contributed by atoms with Gasteiger partial charge in [0, 0.05) is 12.1 Å². The van der Waals surface area contributed by atoms with Crippen LogP contribution in [-0.4, -0.2) is 37.6 Å². The van der Waals surface area contributed by atoms with Crippen molar-refractivity contribution in [3.05, 3.63) is 0 Å². The van der Waals surface area contributed by atoms with Gasteiger partial charge >= 0.3 is 0 Å². The number of hydrogen-bond acceptors (Lipinski definition) is 2. The smallest absolute Gasteiger partial charge is 0.0100 e. The summed E-state index contributed by atoms with van der Waals surface area (Å²) in [5.74, 6) is 0.830. The molecule has 2 heteroatoms. The molecule has 1 aliphatic carbocycles. The Morgan fingerprint density at radius 3 is 2.38 bits per heavy atom. The van der Waals surface area contributed by atoms with E-state index in [0.29, 0.717) is 11.5 Å². The zero-order valence-corrected chi connectivity index (χ0v) is 12.0. The normalized spacial score (nSPS) is 30.9. The number of nitrogens with zero attached hydrogens (tertiary/aromatic N) is 1. The lowest BCUT2D eigenvalue weighted by atomic mass is 9.91. The summed E-state index contributed by atoms with van der Waals surface area (Å²) in [7, 11) is 4.29. The molecule has 0 aliphatic heterocycles. The Bertz CT molecular complexity index is 211. The van der Waals surface area contributed by atoms with E-state index in [9.17, 15) is 0 Å². The highest BCUT2D eigenvalue weighted by Crippen LogP contribution is 2.40. The fourth-order valence-electron chi connectivity index (χ4n) is 3.02. The summed E-state index contributed by atoms with van der Waals surface area (Å²) < 4.78 is 0. The third-order valence-electron chi connectivity index (χ3n) is 3.84. The summed E-state index contributed by atoms with van der Waals surface area (Å²) in [5, 5.41) is 3.81. The van der Waals surface area contributed by atoms with Crippen LogP contribution >= 0.6 is 0 Å². The predicted molar refractivity (Wildman–Crippen MR) is 71.7 cm³/mol. The average molecular weight is 226 g/mol. The van der Waals surface area contributed by atoms with Crippen LogP contribution in [0.4, 0.5) is 0 Å². The van der Waals surface area contributed by atoms with Crippen molar-refractivity contribution in [2.24, 2.45) is 11.3 Å². The molecule has 1 rings (SSSR count). The van der Waals surface area contributed by atoms with Crippen LogP contribution in [0.1, 0.15) is 47.0 Å². The number of hydrogen-bond donors (Lipinski definition) is 1.